The molecule has 1 aliphatic rings. The van der Waals surface area contributed by atoms with Gasteiger partial charge in [0.15, 0.2) is 0 Å². The molecule has 1 saturated carbocycles. The van der Waals surface area contributed by atoms with E-state index in [0.717, 1.165) is 19.3 Å². The minimum atomic E-state index is 0.122. The second-order valence-electron chi connectivity index (χ2n) is 4.11. The van der Waals surface area contributed by atoms with Crippen molar-refractivity contribution in [1.82, 2.24) is 0 Å². The van der Waals surface area contributed by atoms with Crippen LogP contribution in [-0.4, -0.2) is 5.78 Å². The number of carbonyl (C=O) groups excluding carboxylic acids is 1. The Bertz CT molecular complexity index is 217. The lowest BCUT2D eigenvalue weighted by atomic mass is 9.72. The topological polar surface area (TPSA) is 17.1 Å². The first-order chi connectivity index (χ1) is 5.53. The maximum Gasteiger partial charge on any atom is 0.134 e. The van der Waals surface area contributed by atoms with Gasteiger partial charge in [0.05, 0.1) is 0 Å². The summed E-state index contributed by atoms with van der Waals surface area (Å²) < 4.78 is 0. The fourth-order valence-corrected chi connectivity index (χ4v) is 2.48. The Morgan fingerprint density at radius 3 is 2.50 bits per heavy atom. The predicted octanol–water partition coefficient (Wildman–Crippen LogP) is 2.96. The van der Waals surface area contributed by atoms with Crippen molar-refractivity contribution in [2.75, 3.05) is 0 Å². The lowest BCUT2D eigenvalue weighted by Crippen LogP contribution is -2.23. The zero-order valence-electron chi connectivity index (χ0n) is 8.31. The first kappa shape index (κ1) is 9.50. The molecule has 0 bridgehead atoms. The Labute approximate surface area is 74.9 Å². The van der Waals surface area contributed by atoms with Crippen molar-refractivity contribution in [2.24, 2.45) is 11.3 Å². The summed E-state index contributed by atoms with van der Waals surface area (Å²) in [7, 11) is 0. The Hall–Kier alpha value is -0.590. The van der Waals surface area contributed by atoms with Crippen LogP contribution in [-0.2, 0) is 4.79 Å². The van der Waals surface area contributed by atoms with Crippen LogP contribution >= 0.6 is 0 Å². The average molecular weight is 166 g/mol. The monoisotopic (exact) mass is 166 g/mol. The van der Waals surface area contributed by atoms with Crippen molar-refractivity contribution in [2.45, 2.75) is 40.0 Å². The fraction of sp³-hybridized carbons (Fsp3) is 0.727. The third-order valence-corrected chi connectivity index (χ3v) is 3.47. The second kappa shape index (κ2) is 3.04. The second-order valence-corrected chi connectivity index (χ2v) is 4.11. The molecule has 0 saturated heterocycles. The zero-order chi connectivity index (χ0) is 9.35. The zero-order valence-corrected chi connectivity index (χ0v) is 8.31. The van der Waals surface area contributed by atoms with Gasteiger partial charge in [0.1, 0.15) is 5.78 Å². The molecule has 0 aromatic carbocycles. The maximum absolute atomic E-state index is 11.3. The van der Waals surface area contributed by atoms with Crippen molar-refractivity contribution in [3.8, 4) is 0 Å². The predicted molar refractivity (Wildman–Crippen MR) is 50.9 cm³/mol. The van der Waals surface area contributed by atoms with E-state index < -0.39 is 0 Å². The largest absolute Gasteiger partial charge is 0.300 e. The van der Waals surface area contributed by atoms with Gasteiger partial charge in [-0.2, -0.15) is 0 Å². The van der Waals surface area contributed by atoms with Crippen molar-refractivity contribution >= 4 is 5.78 Å². The SMILES string of the molecule is C=C(C)[C@@]1(CC)CC(=O)C[C@@H]1C. The first-order valence-corrected chi connectivity index (χ1v) is 4.70. The standard InChI is InChI=1S/C11H18O/c1-5-11(8(2)3)7-10(12)6-9(11)4/h9H,2,5-7H2,1,3-4H3/t9-,11+/m0/s1. The maximum atomic E-state index is 11.3. The minimum Gasteiger partial charge on any atom is -0.300 e. The summed E-state index contributed by atoms with van der Waals surface area (Å²) in [6.45, 7) is 10.4. The highest BCUT2D eigenvalue weighted by atomic mass is 16.1. The molecular weight excluding hydrogens is 148 g/mol. The first-order valence-electron chi connectivity index (χ1n) is 4.70. The van der Waals surface area contributed by atoms with E-state index in [4.69, 9.17) is 0 Å². The molecule has 0 aromatic rings. The van der Waals surface area contributed by atoms with Crippen molar-refractivity contribution in [1.29, 1.82) is 0 Å². The van der Waals surface area contributed by atoms with Crippen molar-refractivity contribution in [3.63, 3.8) is 0 Å². The average Bonchev–Trinajstić information content (AvgIpc) is 2.26. The number of rotatable bonds is 2. The lowest BCUT2D eigenvalue weighted by Gasteiger charge is -2.32. The quantitative estimate of drug-likeness (QED) is 0.576. The molecule has 1 nitrogen and oxygen atoms in total. The number of hydrogen-bond donors (Lipinski definition) is 0. The van der Waals surface area contributed by atoms with Crippen LogP contribution in [0, 0.1) is 11.3 Å². The Morgan fingerprint density at radius 1 is 1.75 bits per heavy atom. The highest BCUT2D eigenvalue weighted by Gasteiger charge is 2.43. The van der Waals surface area contributed by atoms with Crippen LogP contribution in [0.2, 0.25) is 0 Å². The van der Waals surface area contributed by atoms with Crippen molar-refractivity contribution < 1.29 is 4.79 Å². The third kappa shape index (κ3) is 1.21. The molecule has 1 fully saturated rings. The van der Waals surface area contributed by atoms with Crippen LogP contribution in [0.4, 0.5) is 0 Å². The normalized spacial score (nSPS) is 35.6. The van der Waals surface area contributed by atoms with Gasteiger partial charge in [-0.3, -0.25) is 4.79 Å². The molecule has 0 aliphatic heterocycles. The van der Waals surface area contributed by atoms with E-state index in [0.29, 0.717) is 11.7 Å². The molecule has 12 heavy (non-hydrogen) atoms. The number of hydrogen-bond acceptors (Lipinski definition) is 1. The Morgan fingerprint density at radius 2 is 2.33 bits per heavy atom. The van der Waals surface area contributed by atoms with Crippen LogP contribution in [0.15, 0.2) is 12.2 Å². The van der Waals surface area contributed by atoms with E-state index >= 15 is 0 Å². The molecule has 0 N–H and O–H groups in total. The lowest BCUT2D eigenvalue weighted by molar-refractivity contribution is -0.118. The summed E-state index contributed by atoms with van der Waals surface area (Å²) in [5, 5.41) is 0. The summed E-state index contributed by atoms with van der Waals surface area (Å²) in [5.41, 5.74) is 1.31. The Kier molecular flexibility index (Phi) is 2.41. The summed E-state index contributed by atoms with van der Waals surface area (Å²) in [5.74, 6) is 0.903. The summed E-state index contributed by atoms with van der Waals surface area (Å²) in [4.78, 5) is 11.3. The molecule has 1 aliphatic carbocycles. The van der Waals surface area contributed by atoms with E-state index in [1.54, 1.807) is 0 Å². The van der Waals surface area contributed by atoms with Crippen LogP contribution in [0.25, 0.3) is 0 Å². The molecule has 0 spiro atoms. The number of carbonyl (C=O) groups is 1. The van der Waals surface area contributed by atoms with E-state index in [2.05, 4.69) is 27.4 Å². The van der Waals surface area contributed by atoms with E-state index in [-0.39, 0.29) is 5.41 Å². The summed E-state index contributed by atoms with van der Waals surface area (Å²) in [6.07, 6.45) is 2.52. The van der Waals surface area contributed by atoms with Gasteiger partial charge in [-0.05, 0) is 19.3 Å². The van der Waals surface area contributed by atoms with Crippen LogP contribution in [0.3, 0.4) is 0 Å². The molecule has 0 aromatic heterocycles. The minimum absolute atomic E-state index is 0.122. The van der Waals surface area contributed by atoms with Crippen LogP contribution in [0.1, 0.15) is 40.0 Å². The van der Waals surface area contributed by atoms with Gasteiger partial charge < -0.3 is 0 Å². The summed E-state index contributed by atoms with van der Waals surface area (Å²) >= 11 is 0. The van der Waals surface area contributed by atoms with Gasteiger partial charge in [-0.1, -0.05) is 26.0 Å². The van der Waals surface area contributed by atoms with Gasteiger partial charge in [-0.25, -0.2) is 0 Å². The summed E-state index contributed by atoms with van der Waals surface area (Å²) in [6, 6.07) is 0. The molecule has 0 radical (unpaired) electrons. The van der Waals surface area contributed by atoms with Crippen LogP contribution < -0.4 is 0 Å². The van der Waals surface area contributed by atoms with Crippen LogP contribution in [0.5, 0.6) is 0 Å². The molecular formula is C11H18O. The molecule has 0 unspecified atom stereocenters. The molecule has 2 atom stereocenters. The number of allylic oxidation sites excluding steroid dienone is 1. The smallest absolute Gasteiger partial charge is 0.134 e. The molecule has 0 amide bonds. The number of Topliss-reactive ketones (excluding diaryl/α,β-unsaturated/α-hetero) is 1. The fourth-order valence-electron chi connectivity index (χ4n) is 2.48. The van der Waals surface area contributed by atoms with E-state index in [1.165, 1.54) is 5.57 Å². The van der Waals surface area contributed by atoms with Gasteiger partial charge >= 0.3 is 0 Å². The van der Waals surface area contributed by atoms with Gasteiger partial charge in [0, 0.05) is 18.3 Å². The molecule has 68 valence electrons. The van der Waals surface area contributed by atoms with Crippen molar-refractivity contribution in [3.05, 3.63) is 12.2 Å². The number of ketones is 1. The molecule has 1 rings (SSSR count). The van der Waals surface area contributed by atoms with E-state index in [1.807, 2.05) is 0 Å². The highest BCUT2D eigenvalue weighted by molar-refractivity contribution is 5.82. The van der Waals surface area contributed by atoms with Gasteiger partial charge in [0.2, 0.25) is 0 Å². The Balaban J connectivity index is 2.94. The molecule has 0 heterocycles. The third-order valence-electron chi connectivity index (χ3n) is 3.47. The van der Waals surface area contributed by atoms with E-state index in [9.17, 15) is 4.79 Å². The van der Waals surface area contributed by atoms with Gasteiger partial charge in [-0.15, -0.1) is 0 Å². The molecule has 1 heteroatoms. The highest BCUT2D eigenvalue weighted by Crippen LogP contribution is 2.48. The van der Waals surface area contributed by atoms with Gasteiger partial charge in [0.25, 0.3) is 0 Å².